The molecule has 2 atom stereocenters. The van der Waals surface area contributed by atoms with Gasteiger partial charge in [0.05, 0.1) is 5.78 Å². The molecule has 2 aliphatic rings. The minimum atomic E-state index is -3.75. The van der Waals surface area contributed by atoms with E-state index in [1.165, 1.54) is 4.90 Å². The maximum absolute atomic E-state index is 16.0. The molecule has 2 heterocycles. The van der Waals surface area contributed by atoms with Crippen molar-refractivity contribution in [2.45, 2.75) is 57.3 Å². The van der Waals surface area contributed by atoms with Crippen LogP contribution in [0.15, 0.2) is 140 Å². The maximum atomic E-state index is 16.0. The highest BCUT2D eigenvalue weighted by atomic mass is 31.2. The molecule has 5 aromatic carbocycles. The Labute approximate surface area is 382 Å². The van der Waals surface area contributed by atoms with E-state index in [4.69, 9.17) is 14.2 Å². The van der Waals surface area contributed by atoms with Crippen LogP contribution in [-0.2, 0) is 53.0 Å². The lowest BCUT2D eigenvalue weighted by Crippen LogP contribution is -2.50. The lowest BCUT2D eigenvalue weighted by Gasteiger charge is -2.35. The van der Waals surface area contributed by atoms with E-state index in [2.05, 4.69) is 21.3 Å². The number of ether oxygens (including phenoxy) is 3. The molecule has 0 aliphatic carbocycles. The minimum absolute atomic E-state index is 0.0444. The summed E-state index contributed by atoms with van der Waals surface area (Å²) in [5.74, 6) is -2.14. The van der Waals surface area contributed by atoms with Crippen molar-refractivity contribution < 1.29 is 47.5 Å². The number of carbonyl (C=O) groups is 6. The molecule has 4 N–H and O–H groups in total. The van der Waals surface area contributed by atoms with Gasteiger partial charge in [-0.1, -0.05) is 91.0 Å². The van der Waals surface area contributed by atoms with Gasteiger partial charge in [0.2, 0.25) is 17.7 Å². The number of nitrogens with one attached hydrogen (secondary N) is 4. The minimum Gasteiger partial charge on any atom is -0.445 e. The fourth-order valence-corrected chi connectivity index (χ4v) is 11.2. The maximum Gasteiger partial charge on any atom is 0.410 e. The molecular weight excluding hydrogens is 864 g/mol. The fraction of sp³-hybridized carbons (Fsp3) is 0.265. The molecule has 6 amide bonds. The van der Waals surface area contributed by atoms with Gasteiger partial charge in [-0.05, 0) is 90.9 Å². The molecule has 0 radical (unpaired) electrons. The Hall–Kier alpha value is -7.45. The second-order valence-electron chi connectivity index (χ2n) is 15.7. The predicted octanol–water partition coefficient (Wildman–Crippen LogP) is 6.48. The third-order valence-electron chi connectivity index (χ3n) is 11.2. The standard InChI is InChI=1S/C49H51N6O10P/c56-43(30-50-47(59)63-32-35-12-4-1-5-13-35)52-38-20-24-40(25-21-38)66(62,41-26-22-39(23-27-41)53-44(57)31-51-48(60)64-33-36-14-6-2-7-15-36)45-19-11-29-55(45)46(58)42-18-10-28-54(42)49(61)65-34-37-16-8-3-9-17-37/h1-9,12-17,20-27,42,45H,10-11,18-19,28-34H2,(H,50,59)(H,51,60)(H,52,56)(H,53,57)/t42-,45?/m0/s1. The van der Waals surface area contributed by atoms with Crippen molar-refractivity contribution >= 4 is 65.1 Å². The van der Waals surface area contributed by atoms with Crippen LogP contribution in [0.3, 0.4) is 0 Å². The molecule has 342 valence electrons. The van der Waals surface area contributed by atoms with Crippen LogP contribution in [0.25, 0.3) is 0 Å². The number of hydrogen-bond acceptors (Lipinski definition) is 10. The quantitative estimate of drug-likeness (QED) is 0.0627. The van der Waals surface area contributed by atoms with Crippen molar-refractivity contribution in [1.29, 1.82) is 0 Å². The molecule has 2 fully saturated rings. The van der Waals surface area contributed by atoms with Crippen LogP contribution in [0.4, 0.5) is 25.8 Å². The Bertz CT molecular complexity index is 2390. The van der Waals surface area contributed by atoms with Gasteiger partial charge in [0.15, 0.2) is 7.14 Å². The highest BCUT2D eigenvalue weighted by Crippen LogP contribution is 2.54. The summed E-state index contributed by atoms with van der Waals surface area (Å²) in [6, 6.07) is 39.7. The first-order chi connectivity index (χ1) is 32.1. The summed E-state index contributed by atoms with van der Waals surface area (Å²) in [4.78, 5) is 81.1. The lowest BCUT2D eigenvalue weighted by atomic mass is 10.2. The first kappa shape index (κ1) is 46.5. The molecule has 7 rings (SSSR count). The van der Waals surface area contributed by atoms with E-state index in [1.807, 2.05) is 91.0 Å². The van der Waals surface area contributed by atoms with Gasteiger partial charge in [0.1, 0.15) is 39.0 Å². The molecule has 1 unspecified atom stereocenters. The van der Waals surface area contributed by atoms with Gasteiger partial charge >= 0.3 is 18.3 Å². The van der Waals surface area contributed by atoms with Gasteiger partial charge in [-0.3, -0.25) is 19.3 Å². The van der Waals surface area contributed by atoms with Crippen LogP contribution >= 0.6 is 7.14 Å². The Morgan fingerprint density at radius 1 is 0.515 bits per heavy atom. The number of likely N-dealkylation sites (tertiary alicyclic amines) is 2. The smallest absolute Gasteiger partial charge is 0.410 e. The van der Waals surface area contributed by atoms with Gasteiger partial charge in [0, 0.05) is 35.1 Å². The molecule has 16 nitrogen and oxygen atoms in total. The van der Waals surface area contributed by atoms with Crippen LogP contribution in [0, 0.1) is 0 Å². The summed E-state index contributed by atoms with van der Waals surface area (Å²) in [6.07, 6.45) is -0.114. The highest BCUT2D eigenvalue weighted by Gasteiger charge is 2.48. The normalized spacial score (nSPS) is 15.6. The molecule has 0 saturated carbocycles. The first-order valence-electron chi connectivity index (χ1n) is 21.6. The summed E-state index contributed by atoms with van der Waals surface area (Å²) in [5, 5.41) is 11.1. The van der Waals surface area contributed by atoms with Gasteiger partial charge in [-0.25, -0.2) is 14.4 Å². The lowest BCUT2D eigenvalue weighted by molar-refractivity contribution is -0.135. The molecule has 66 heavy (non-hydrogen) atoms. The molecule has 2 aliphatic heterocycles. The van der Waals surface area contributed by atoms with Crippen LogP contribution in [0.1, 0.15) is 42.4 Å². The Kier molecular flexibility index (Phi) is 15.8. The Balaban J connectivity index is 1.04. The number of rotatable bonds is 16. The number of carbonyl (C=O) groups excluding carboxylic acids is 6. The summed E-state index contributed by atoms with van der Waals surface area (Å²) >= 11 is 0. The molecule has 0 spiro atoms. The third kappa shape index (κ3) is 12.2. The average Bonchev–Trinajstić information content (AvgIpc) is 4.06. The van der Waals surface area contributed by atoms with Crippen LogP contribution in [0.2, 0.25) is 0 Å². The van der Waals surface area contributed by atoms with Gasteiger partial charge in [-0.2, -0.15) is 0 Å². The van der Waals surface area contributed by atoms with Crippen molar-refractivity contribution in [3.63, 3.8) is 0 Å². The number of alkyl carbamates (subject to hydrolysis) is 2. The molecule has 5 aromatic rings. The molecular formula is C49H51N6O10P. The van der Waals surface area contributed by atoms with E-state index < -0.39 is 49.1 Å². The third-order valence-corrected chi connectivity index (χ3v) is 14.7. The fourth-order valence-electron chi connectivity index (χ4n) is 7.91. The molecule has 17 heteroatoms. The summed E-state index contributed by atoms with van der Waals surface area (Å²) in [5.41, 5.74) is 3.16. The number of amides is 6. The number of benzene rings is 5. The van der Waals surface area contributed by atoms with Crippen LogP contribution in [0.5, 0.6) is 0 Å². The predicted molar refractivity (Wildman–Crippen MR) is 247 cm³/mol. The zero-order valence-corrected chi connectivity index (χ0v) is 37.0. The largest absolute Gasteiger partial charge is 0.445 e. The Morgan fingerprint density at radius 2 is 0.924 bits per heavy atom. The number of hydrogen-bond donors (Lipinski definition) is 4. The Morgan fingerprint density at radius 3 is 1.38 bits per heavy atom. The van der Waals surface area contributed by atoms with Crippen LogP contribution < -0.4 is 31.9 Å². The van der Waals surface area contributed by atoms with Crippen LogP contribution in [-0.4, -0.2) is 83.8 Å². The number of nitrogens with zero attached hydrogens (tertiary/aromatic N) is 2. The van der Waals surface area contributed by atoms with E-state index in [9.17, 15) is 28.8 Å². The summed E-state index contributed by atoms with van der Waals surface area (Å²) < 4.78 is 32.0. The molecule has 0 bridgehead atoms. The zero-order chi connectivity index (χ0) is 46.3. The molecule has 0 aromatic heterocycles. The van der Waals surface area contributed by atoms with Crippen molar-refractivity contribution in [1.82, 2.24) is 20.4 Å². The van der Waals surface area contributed by atoms with Gasteiger partial charge in [0.25, 0.3) is 0 Å². The second kappa shape index (κ2) is 22.4. The van der Waals surface area contributed by atoms with Gasteiger partial charge < -0.3 is 44.9 Å². The highest BCUT2D eigenvalue weighted by molar-refractivity contribution is 7.79. The van der Waals surface area contributed by atoms with Gasteiger partial charge in [-0.15, -0.1) is 0 Å². The van der Waals surface area contributed by atoms with E-state index in [0.717, 1.165) is 16.7 Å². The van der Waals surface area contributed by atoms with Crippen molar-refractivity contribution in [2.75, 3.05) is 36.8 Å². The summed E-state index contributed by atoms with van der Waals surface area (Å²) in [6.45, 7) is 0.0907. The van der Waals surface area contributed by atoms with E-state index >= 15 is 4.57 Å². The van der Waals surface area contributed by atoms with E-state index in [-0.39, 0.29) is 38.8 Å². The zero-order valence-electron chi connectivity index (χ0n) is 36.1. The SMILES string of the molecule is O=C(CNC(=O)OCc1ccccc1)Nc1ccc(P(=O)(c2ccc(NC(=O)CNC(=O)OCc3ccccc3)cc2)C2CCCN2C(=O)[C@@H]2CCCN2C(=O)OCc2ccccc2)cc1. The summed E-state index contributed by atoms with van der Waals surface area (Å²) in [7, 11) is -3.75. The average molecular weight is 915 g/mol. The topological polar surface area (TPSA) is 202 Å². The van der Waals surface area contributed by atoms with Crippen molar-refractivity contribution in [3.05, 3.63) is 156 Å². The second-order valence-corrected chi connectivity index (χ2v) is 18.7. The number of anilines is 2. The monoisotopic (exact) mass is 914 g/mol. The molecule has 2 saturated heterocycles. The first-order valence-corrected chi connectivity index (χ1v) is 23.4. The van der Waals surface area contributed by atoms with E-state index in [1.54, 1.807) is 53.4 Å². The van der Waals surface area contributed by atoms with Crippen molar-refractivity contribution in [3.8, 4) is 0 Å². The van der Waals surface area contributed by atoms with Crippen molar-refractivity contribution in [2.24, 2.45) is 0 Å². The van der Waals surface area contributed by atoms with E-state index in [0.29, 0.717) is 60.8 Å².